The number of nitrogens with one attached hydrogen (secondary N) is 1. The van der Waals surface area contributed by atoms with Crippen molar-refractivity contribution in [1.29, 1.82) is 0 Å². The second-order valence-corrected chi connectivity index (χ2v) is 6.78. The molecule has 3 rings (SSSR count). The zero-order valence-corrected chi connectivity index (χ0v) is 14.7. The quantitative estimate of drug-likeness (QED) is 0.608. The molecule has 0 aliphatic heterocycles. The van der Waals surface area contributed by atoms with Crippen molar-refractivity contribution in [2.24, 2.45) is 0 Å². The van der Waals surface area contributed by atoms with Crippen LogP contribution >= 0.6 is 38.9 Å². The highest BCUT2D eigenvalue weighted by Gasteiger charge is 2.17. The maximum absolute atomic E-state index is 13.7. The van der Waals surface area contributed by atoms with E-state index in [2.05, 4.69) is 26.2 Å². The lowest BCUT2D eigenvalue weighted by atomic mass is 10.2. The van der Waals surface area contributed by atoms with Crippen molar-refractivity contribution in [3.8, 4) is 11.3 Å². The second-order valence-electron chi connectivity index (χ2n) is 4.60. The number of anilines is 1. The smallest absolute Gasteiger partial charge is 0.261 e. The molecule has 0 unspecified atom stereocenters. The highest BCUT2D eigenvalue weighted by atomic mass is 79.9. The molecule has 0 aliphatic rings. The minimum atomic E-state index is -0.667. The molecule has 0 saturated carbocycles. The molecule has 0 fully saturated rings. The molecule has 0 spiro atoms. The van der Waals surface area contributed by atoms with Gasteiger partial charge in [0, 0.05) is 15.4 Å². The van der Waals surface area contributed by atoms with Gasteiger partial charge in [0.15, 0.2) is 5.13 Å². The van der Waals surface area contributed by atoms with E-state index < -0.39 is 11.7 Å². The van der Waals surface area contributed by atoms with Gasteiger partial charge in [-0.2, -0.15) is 0 Å². The van der Waals surface area contributed by atoms with Gasteiger partial charge in [-0.3, -0.25) is 10.1 Å². The van der Waals surface area contributed by atoms with Crippen LogP contribution in [0.25, 0.3) is 11.3 Å². The molecule has 1 aromatic heterocycles. The summed E-state index contributed by atoms with van der Waals surface area (Å²) in [6.45, 7) is 0. The molecule has 0 bridgehead atoms. The van der Waals surface area contributed by atoms with Gasteiger partial charge in [0.25, 0.3) is 5.91 Å². The standard InChI is InChI=1S/C16H9BrClFN2OS/c17-10-6-4-9(5-7-10)13-8-23-16(20-13)21-15(22)14-11(18)2-1-3-12(14)19/h1-8H,(H,20,21,22). The number of benzene rings is 2. The second kappa shape index (κ2) is 6.78. The Balaban J connectivity index is 1.82. The van der Waals surface area contributed by atoms with Gasteiger partial charge >= 0.3 is 0 Å². The van der Waals surface area contributed by atoms with E-state index in [1.54, 1.807) is 0 Å². The highest BCUT2D eigenvalue weighted by Crippen LogP contribution is 2.27. The van der Waals surface area contributed by atoms with Gasteiger partial charge in [-0.25, -0.2) is 9.37 Å². The van der Waals surface area contributed by atoms with Crippen LogP contribution in [-0.2, 0) is 0 Å². The lowest BCUT2D eigenvalue weighted by Gasteiger charge is -2.05. The molecule has 7 heteroatoms. The lowest BCUT2D eigenvalue weighted by molar-refractivity contribution is 0.102. The van der Waals surface area contributed by atoms with Crippen molar-refractivity contribution in [2.45, 2.75) is 0 Å². The highest BCUT2D eigenvalue weighted by molar-refractivity contribution is 9.10. The van der Waals surface area contributed by atoms with Gasteiger partial charge in [-0.15, -0.1) is 11.3 Å². The number of halogens is 3. The van der Waals surface area contributed by atoms with Crippen molar-refractivity contribution < 1.29 is 9.18 Å². The van der Waals surface area contributed by atoms with E-state index >= 15 is 0 Å². The molecule has 1 N–H and O–H groups in total. The monoisotopic (exact) mass is 410 g/mol. The molecule has 0 radical (unpaired) electrons. The van der Waals surface area contributed by atoms with Crippen LogP contribution in [0.15, 0.2) is 52.3 Å². The molecule has 1 amide bonds. The topological polar surface area (TPSA) is 42.0 Å². The van der Waals surface area contributed by atoms with Crippen LogP contribution in [0.3, 0.4) is 0 Å². The third-order valence-electron chi connectivity index (χ3n) is 3.05. The first kappa shape index (κ1) is 16.1. The Morgan fingerprint density at radius 2 is 1.96 bits per heavy atom. The number of hydrogen-bond acceptors (Lipinski definition) is 3. The summed E-state index contributed by atoms with van der Waals surface area (Å²) in [5.41, 5.74) is 1.47. The van der Waals surface area contributed by atoms with Crippen molar-refractivity contribution in [2.75, 3.05) is 5.32 Å². The molecule has 23 heavy (non-hydrogen) atoms. The fraction of sp³-hybridized carbons (Fsp3) is 0. The normalized spacial score (nSPS) is 10.6. The van der Waals surface area contributed by atoms with Crippen LogP contribution in [0.5, 0.6) is 0 Å². The van der Waals surface area contributed by atoms with Crippen LogP contribution in [0.4, 0.5) is 9.52 Å². The molecule has 0 saturated heterocycles. The van der Waals surface area contributed by atoms with Gasteiger partial charge in [0.05, 0.1) is 16.3 Å². The molecule has 1 heterocycles. The van der Waals surface area contributed by atoms with Gasteiger partial charge in [0.1, 0.15) is 5.82 Å². The molecule has 116 valence electrons. The average molecular weight is 412 g/mol. The number of aromatic nitrogens is 1. The summed E-state index contributed by atoms with van der Waals surface area (Å²) in [6, 6.07) is 11.8. The molecular weight excluding hydrogens is 403 g/mol. The van der Waals surface area contributed by atoms with Crippen molar-refractivity contribution in [3.63, 3.8) is 0 Å². The predicted octanol–water partition coefficient (Wildman–Crippen LogP) is 5.62. The molecule has 2 aromatic carbocycles. The summed E-state index contributed by atoms with van der Waals surface area (Å²) in [5.74, 6) is -1.29. The number of carbonyl (C=O) groups is 1. The van der Waals surface area contributed by atoms with E-state index in [4.69, 9.17) is 11.6 Å². The lowest BCUT2D eigenvalue weighted by Crippen LogP contribution is -2.14. The fourth-order valence-electron chi connectivity index (χ4n) is 1.96. The number of hydrogen-bond donors (Lipinski definition) is 1. The minimum absolute atomic E-state index is 0.0622. The molecular formula is C16H9BrClFN2OS. The Morgan fingerprint density at radius 1 is 1.22 bits per heavy atom. The predicted molar refractivity (Wildman–Crippen MR) is 94.6 cm³/mol. The van der Waals surface area contributed by atoms with Gasteiger partial charge in [-0.05, 0) is 24.3 Å². The maximum Gasteiger partial charge on any atom is 0.261 e. The molecule has 3 nitrogen and oxygen atoms in total. The van der Waals surface area contributed by atoms with E-state index in [0.29, 0.717) is 5.13 Å². The number of amides is 1. The van der Waals surface area contributed by atoms with Crippen molar-refractivity contribution >= 4 is 49.9 Å². The first-order valence-corrected chi connectivity index (χ1v) is 8.56. The Labute approximate surface area is 149 Å². The number of nitrogens with zero attached hydrogens (tertiary/aromatic N) is 1. The summed E-state index contributed by atoms with van der Waals surface area (Å²) in [5, 5.41) is 4.84. The van der Waals surface area contributed by atoms with Crippen LogP contribution < -0.4 is 5.32 Å². The van der Waals surface area contributed by atoms with Crippen LogP contribution in [-0.4, -0.2) is 10.9 Å². The van der Waals surface area contributed by atoms with E-state index in [0.717, 1.165) is 15.7 Å². The Bertz CT molecular complexity index is 847. The minimum Gasteiger partial charge on any atom is -0.298 e. The maximum atomic E-state index is 13.7. The SMILES string of the molecule is O=C(Nc1nc(-c2ccc(Br)cc2)cs1)c1c(F)cccc1Cl. The van der Waals surface area contributed by atoms with Crippen molar-refractivity contribution in [1.82, 2.24) is 4.98 Å². The summed E-state index contributed by atoms with van der Waals surface area (Å²) >= 11 is 10.5. The van der Waals surface area contributed by atoms with Crippen LogP contribution in [0, 0.1) is 5.82 Å². The van der Waals surface area contributed by atoms with E-state index in [1.807, 2.05) is 29.6 Å². The summed E-state index contributed by atoms with van der Waals surface area (Å²) in [7, 11) is 0. The summed E-state index contributed by atoms with van der Waals surface area (Å²) < 4.78 is 14.7. The largest absolute Gasteiger partial charge is 0.298 e. The Hall–Kier alpha value is -1.76. The van der Waals surface area contributed by atoms with Crippen LogP contribution in [0.1, 0.15) is 10.4 Å². The van der Waals surface area contributed by atoms with Crippen LogP contribution in [0.2, 0.25) is 5.02 Å². The molecule has 0 aliphatic carbocycles. The number of rotatable bonds is 3. The number of carbonyl (C=O) groups excluding carboxylic acids is 1. The average Bonchev–Trinajstić information content (AvgIpc) is 2.96. The zero-order valence-electron chi connectivity index (χ0n) is 11.5. The number of thiazole rings is 1. The summed E-state index contributed by atoms with van der Waals surface area (Å²) in [6.07, 6.45) is 0. The third kappa shape index (κ3) is 3.60. The summed E-state index contributed by atoms with van der Waals surface area (Å²) in [4.78, 5) is 16.5. The molecule has 0 atom stereocenters. The Morgan fingerprint density at radius 3 is 2.65 bits per heavy atom. The molecule has 3 aromatic rings. The zero-order chi connectivity index (χ0) is 16.4. The van der Waals surface area contributed by atoms with Gasteiger partial charge < -0.3 is 0 Å². The first-order chi connectivity index (χ1) is 11.0. The fourth-order valence-corrected chi connectivity index (χ4v) is 3.19. The van der Waals surface area contributed by atoms with E-state index in [9.17, 15) is 9.18 Å². The third-order valence-corrected chi connectivity index (χ3v) is 4.66. The van der Waals surface area contributed by atoms with Gasteiger partial charge in [0.2, 0.25) is 0 Å². The Kier molecular flexibility index (Phi) is 4.75. The van der Waals surface area contributed by atoms with E-state index in [-0.39, 0.29) is 10.6 Å². The van der Waals surface area contributed by atoms with Gasteiger partial charge in [-0.1, -0.05) is 45.7 Å². The first-order valence-electron chi connectivity index (χ1n) is 6.51. The van der Waals surface area contributed by atoms with Crippen molar-refractivity contribution in [3.05, 3.63) is 68.7 Å². The van der Waals surface area contributed by atoms with E-state index in [1.165, 1.54) is 29.5 Å².